The first-order chi connectivity index (χ1) is 6.09. The van der Waals surface area contributed by atoms with E-state index in [1.807, 2.05) is 6.07 Å². The molecule has 4 heteroatoms. The first kappa shape index (κ1) is 8.97. The summed E-state index contributed by atoms with van der Waals surface area (Å²) in [5.41, 5.74) is -0.226. The Morgan fingerprint density at radius 2 is 2.46 bits per heavy atom. The third-order valence-electron chi connectivity index (χ3n) is 2.18. The van der Waals surface area contributed by atoms with E-state index in [-0.39, 0.29) is 0 Å². The van der Waals surface area contributed by atoms with Crippen LogP contribution in [0.1, 0.15) is 19.0 Å². The molecule has 1 aromatic rings. The number of hydrogen-bond acceptors (Lipinski definition) is 3. The highest BCUT2D eigenvalue weighted by molar-refractivity contribution is 9.10. The molecule has 70 valence electrons. The molecule has 0 aliphatic carbocycles. The molecule has 0 aromatic carbocycles. The van der Waals surface area contributed by atoms with Gasteiger partial charge < -0.3 is 9.84 Å². The lowest BCUT2D eigenvalue weighted by atomic mass is 9.95. The van der Waals surface area contributed by atoms with Gasteiger partial charge in [0, 0.05) is 17.1 Å². The van der Waals surface area contributed by atoms with Crippen LogP contribution in [0.15, 0.2) is 16.7 Å². The van der Waals surface area contributed by atoms with E-state index in [1.165, 1.54) is 0 Å². The Labute approximate surface area is 84.9 Å². The summed E-state index contributed by atoms with van der Waals surface area (Å²) >= 11 is 3.30. The lowest BCUT2D eigenvalue weighted by molar-refractivity contribution is 0.00989. The molecular weight excluding hydrogens is 234 g/mol. The van der Waals surface area contributed by atoms with Crippen molar-refractivity contribution in [1.82, 2.24) is 4.98 Å². The van der Waals surface area contributed by atoms with Crippen LogP contribution in [0.4, 0.5) is 0 Å². The van der Waals surface area contributed by atoms with Crippen molar-refractivity contribution >= 4 is 15.9 Å². The average Bonchev–Trinajstić information content (AvgIpc) is 2.02. The molecule has 1 unspecified atom stereocenters. The summed E-state index contributed by atoms with van der Waals surface area (Å²) in [5, 5.41) is 9.96. The fourth-order valence-corrected chi connectivity index (χ4v) is 1.72. The van der Waals surface area contributed by atoms with Gasteiger partial charge in [0.15, 0.2) is 0 Å². The van der Waals surface area contributed by atoms with Gasteiger partial charge in [0.1, 0.15) is 17.0 Å². The molecule has 0 spiro atoms. The second-order valence-electron chi connectivity index (χ2n) is 3.37. The molecule has 2 rings (SSSR count). The number of fused-ring (bicyclic) bond motifs is 1. The van der Waals surface area contributed by atoms with E-state index in [0.717, 1.165) is 4.47 Å². The van der Waals surface area contributed by atoms with E-state index in [2.05, 4.69) is 20.9 Å². The van der Waals surface area contributed by atoms with Gasteiger partial charge in [-0.25, -0.2) is 0 Å². The largest absolute Gasteiger partial charge is 0.491 e. The van der Waals surface area contributed by atoms with Crippen LogP contribution in [0.5, 0.6) is 5.75 Å². The van der Waals surface area contributed by atoms with Crippen molar-refractivity contribution < 1.29 is 9.84 Å². The summed E-state index contributed by atoms with van der Waals surface area (Å²) in [6.45, 7) is 2.30. The molecule has 1 aliphatic rings. The number of aliphatic hydroxyl groups is 1. The lowest BCUT2D eigenvalue weighted by Crippen LogP contribution is -2.30. The number of ether oxygens (including phenoxy) is 1. The van der Waals surface area contributed by atoms with Gasteiger partial charge in [-0.2, -0.15) is 0 Å². The third-order valence-corrected chi connectivity index (χ3v) is 2.61. The molecule has 0 amide bonds. The van der Waals surface area contributed by atoms with Crippen LogP contribution >= 0.6 is 15.9 Å². The van der Waals surface area contributed by atoms with Gasteiger partial charge in [-0.1, -0.05) is 0 Å². The monoisotopic (exact) mass is 243 g/mol. The molecule has 1 N–H and O–H groups in total. The Hall–Kier alpha value is -0.610. The summed E-state index contributed by atoms with van der Waals surface area (Å²) in [6, 6.07) is 1.83. The lowest BCUT2D eigenvalue weighted by Gasteiger charge is -2.29. The van der Waals surface area contributed by atoms with Crippen molar-refractivity contribution in [2.24, 2.45) is 0 Å². The molecule has 1 atom stereocenters. The Bertz CT molecular complexity index is 338. The first-order valence-electron chi connectivity index (χ1n) is 4.11. The molecule has 1 aromatic heterocycles. The highest BCUT2D eigenvalue weighted by Gasteiger charge is 2.32. The quantitative estimate of drug-likeness (QED) is 0.757. The molecule has 1 aliphatic heterocycles. The topological polar surface area (TPSA) is 42.4 Å². The minimum Gasteiger partial charge on any atom is -0.491 e. The minimum absolute atomic E-state index is 0.540. The van der Waals surface area contributed by atoms with E-state index in [0.29, 0.717) is 24.5 Å². The SMILES string of the molecule is CC1(O)CCOc2cc(Br)cnc21. The molecule has 0 saturated carbocycles. The van der Waals surface area contributed by atoms with Crippen molar-refractivity contribution in [2.45, 2.75) is 18.9 Å². The zero-order chi connectivity index (χ0) is 9.47. The van der Waals surface area contributed by atoms with Crippen LogP contribution in [-0.4, -0.2) is 16.7 Å². The van der Waals surface area contributed by atoms with E-state index in [1.54, 1.807) is 13.1 Å². The highest BCUT2D eigenvalue weighted by atomic mass is 79.9. The zero-order valence-corrected chi connectivity index (χ0v) is 8.84. The van der Waals surface area contributed by atoms with Crippen molar-refractivity contribution in [3.8, 4) is 5.75 Å². The Morgan fingerprint density at radius 1 is 1.69 bits per heavy atom. The normalized spacial score (nSPS) is 26.4. The summed E-state index contributed by atoms with van der Waals surface area (Å²) in [6.07, 6.45) is 2.26. The average molecular weight is 244 g/mol. The third kappa shape index (κ3) is 1.56. The number of pyridine rings is 1. The number of hydrogen-bond donors (Lipinski definition) is 1. The maximum atomic E-state index is 9.96. The van der Waals surface area contributed by atoms with Crippen molar-refractivity contribution in [1.29, 1.82) is 0 Å². The van der Waals surface area contributed by atoms with E-state index < -0.39 is 5.60 Å². The minimum atomic E-state index is -0.853. The van der Waals surface area contributed by atoms with Gasteiger partial charge in [-0.3, -0.25) is 4.98 Å². The van der Waals surface area contributed by atoms with E-state index in [4.69, 9.17) is 4.74 Å². The number of nitrogens with zero attached hydrogens (tertiary/aromatic N) is 1. The van der Waals surface area contributed by atoms with Crippen molar-refractivity contribution in [3.05, 3.63) is 22.4 Å². The van der Waals surface area contributed by atoms with E-state index >= 15 is 0 Å². The number of rotatable bonds is 0. The molecule has 0 saturated heterocycles. The smallest absolute Gasteiger partial charge is 0.144 e. The number of halogens is 1. The maximum absolute atomic E-state index is 9.96. The fraction of sp³-hybridized carbons (Fsp3) is 0.444. The van der Waals surface area contributed by atoms with Crippen LogP contribution in [0.25, 0.3) is 0 Å². The van der Waals surface area contributed by atoms with Crippen molar-refractivity contribution in [2.75, 3.05) is 6.61 Å². The first-order valence-corrected chi connectivity index (χ1v) is 4.90. The predicted octanol–water partition coefficient (Wildman–Crippen LogP) is 1.83. The summed E-state index contributed by atoms with van der Waals surface area (Å²) in [4.78, 5) is 4.15. The van der Waals surface area contributed by atoms with Gasteiger partial charge >= 0.3 is 0 Å². The molecule has 0 fully saturated rings. The Morgan fingerprint density at radius 3 is 3.23 bits per heavy atom. The Balaban J connectivity index is 2.53. The fourth-order valence-electron chi connectivity index (χ4n) is 1.41. The summed E-state index contributed by atoms with van der Waals surface area (Å²) < 4.78 is 6.25. The maximum Gasteiger partial charge on any atom is 0.144 e. The van der Waals surface area contributed by atoms with Gasteiger partial charge in [0.05, 0.1) is 6.61 Å². The summed E-state index contributed by atoms with van der Waals surface area (Å²) in [5.74, 6) is 0.672. The van der Waals surface area contributed by atoms with Gasteiger partial charge in [-0.05, 0) is 28.9 Å². The molecule has 2 heterocycles. The van der Waals surface area contributed by atoms with Crippen molar-refractivity contribution in [3.63, 3.8) is 0 Å². The molecule has 0 radical (unpaired) electrons. The van der Waals surface area contributed by atoms with Gasteiger partial charge in [0.2, 0.25) is 0 Å². The van der Waals surface area contributed by atoms with Crippen LogP contribution in [0.2, 0.25) is 0 Å². The van der Waals surface area contributed by atoms with Crippen LogP contribution < -0.4 is 4.74 Å². The summed E-state index contributed by atoms with van der Waals surface area (Å²) in [7, 11) is 0. The molecule has 0 bridgehead atoms. The van der Waals surface area contributed by atoms with Crippen LogP contribution in [0.3, 0.4) is 0 Å². The second kappa shape index (κ2) is 2.96. The van der Waals surface area contributed by atoms with E-state index in [9.17, 15) is 5.11 Å². The molecule has 3 nitrogen and oxygen atoms in total. The Kier molecular flexibility index (Phi) is 2.04. The van der Waals surface area contributed by atoms with Gasteiger partial charge in [-0.15, -0.1) is 0 Å². The molecule has 13 heavy (non-hydrogen) atoms. The predicted molar refractivity (Wildman–Crippen MR) is 51.6 cm³/mol. The second-order valence-corrected chi connectivity index (χ2v) is 4.29. The van der Waals surface area contributed by atoms with Crippen LogP contribution in [0, 0.1) is 0 Å². The molecular formula is C9H10BrNO2. The number of aromatic nitrogens is 1. The van der Waals surface area contributed by atoms with Crippen LogP contribution in [-0.2, 0) is 5.60 Å². The standard InChI is InChI=1S/C9H10BrNO2/c1-9(12)2-3-13-7-4-6(10)5-11-8(7)9/h4-5,12H,2-3H2,1H3. The zero-order valence-electron chi connectivity index (χ0n) is 7.25. The highest BCUT2D eigenvalue weighted by Crippen LogP contribution is 2.35. The van der Waals surface area contributed by atoms with Gasteiger partial charge in [0.25, 0.3) is 0 Å².